The van der Waals surface area contributed by atoms with E-state index in [2.05, 4.69) is 15.4 Å². The maximum absolute atomic E-state index is 11.6. The summed E-state index contributed by atoms with van der Waals surface area (Å²) >= 11 is 0. The number of amides is 2. The normalized spacial score (nSPS) is 11.0. The summed E-state index contributed by atoms with van der Waals surface area (Å²) in [6.07, 6.45) is 0. The van der Waals surface area contributed by atoms with E-state index in [1.54, 1.807) is 6.92 Å². The van der Waals surface area contributed by atoms with Crippen LogP contribution in [0.25, 0.3) is 0 Å². The Balaban J connectivity index is 2.58. The Bertz CT molecular complexity index is 642. The van der Waals surface area contributed by atoms with Gasteiger partial charge in [0.1, 0.15) is 0 Å². The van der Waals surface area contributed by atoms with Crippen LogP contribution in [-0.4, -0.2) is 44.9 Å². The number of hydrogen-bond donors (Lipinski definition) is 4. The lowest BCUT2D eigenvalue weighted by Gasteiger charge is -2.10. The topological polar surface area (TPSA) is 125 Å². The molecule has 0 saturated carbocycles. The van der Waals surface area contributed by atoms with Crippen LogP contribution in [-0.2, 0) is 10.0 Å². The largest absolute Gasteiger partial charge is 0.478 e. The van der Waals surface area contributed by atoms with E-state index in [0.29, 0.717) is 11.3 Å². The second kappa shape index (κ2) is 7.04. The van der Waals surface area contributed by atoms with Gasteiger partial charge in [0.15, 0.2) is 0 Å². The van der Waals surface area contributed by atoms with Crippen molar-refractivity contribution in [3.8, 4) is 0 Å². The van der Waals surface area contributed by atoms with Gasteiger partial charge in [-0.3, -0.25) is 0 Å². The number of benzene rings is 1. The zero-order chi connectivity index (χ0) is 16.0. The Hall–Kier alpha value is -2.13. The molecule has 1 aromatic rings. The van der Waals surface area contributed by atoms with Crippen LogP contribution in [0.2, 0.25) is 0 Å². The van der Waals surface area contributed by atoms with Crippen molar-refractivity contribution in [1.82, 2.24) is 10.0 Å². The molecular weight excluding hydrogens is 298 g/mol. The van der Waals surface area contributed by atoms with Crippen LogP contribution >= 0.6 is 0 Å². The summed E-state index contributed by atoms with van der Waals surface area (Å²) in [5.74, 6) is -1.28. The number of urea groups is 1. The highest BCUT2D eigenvalue weighted by molar-refractivity contribution is 7.89. The summed E-state index contributed by atoms with van der Waals surface area (Å²) in [7, 11) is -2.07. The maximum Gasteiger partial charge on any atom is 0.335 e. The van der Waals surface area contributed by atoms with E-state index in [-0.39, 0.29) is 17.9 Å². The number of hydrogen-bond acceptors (Lipinski definition) is 4. The van der Waals surface area contributed by atoms with Gasteiger partial charge in [-0.15, -0.1) is 0 Å². The van der Waals surface area contributed by atoms with Crippen molar-refractivity contribution >= 4 is 27.7 Å². The number of carboxylic acids is 1. The number of carbonyl (C=O) groups is 2. The molecule has 0 atom stereocenters. The summed E-state index contributed by atoms with van der Waals surface area (Å²) in [4.78, 5) is 22.4. The minimum absolute atomic E-state index is 0.0404. The summed E-state index contributed by atoms with van der Waals surface area (Å²) < 4.78 is 24.4. The van der Waals surface area contributed by atoms with E-state index in [1.807, 2.05) is 0 Å². The molecule has 2 amide bonds. The van der Waals surface area contributed by atoms with Gasteiger partial charge in [0.05, 0.1) is 11.3 Å². The van der Waals surface area contributed by atoms with Crippen LogP contribution in [0.4, 0.5) is 10.5 Å². The first kappa shape index (κ1) is 16.9. The van der Waals surface area contributed by atoms with Crippen LogP contribution in [0.5, 0.6) is 0 Å². The molecule has 4 N–H and O–H groups in total. The summed E-state index contributed by atoms with van der Waals surface area (Å²) in [5.41, 5.74) is 1.17. The third kappa shape index (κ3) is 5.40. The number of aromatic carboxylic acids is 1. The molecule has 0 radical (unpaired) electrons. The number of carboxylic acid groups (broad SMARTS) is 1. The number of anilines is 1. The molecule has 1 rings (SSSR count). The lowest BCUT2D eigenvalue weighted by Crippen LogP contribution is -2.35. The molecule has 0 spiro atoms. The minimum atomic E-state index is -3.37. The third-order valence-electron chi connectivity index (χ3n) is 2.69. The van der Waals surface area contributed by atoms with Crippen LogP contribution in [0.1, 0.15) is 15.9 Å². The SMILES string of the molecule is CNS(=O)(=O)CCNC(=O)Nc1ccc(C(=O)O)cc1C. The van der Waals surface area contributed by atoms with Crippen LogP contribution in [0, 0.1) is 6.92 Å². The average molecular weight is 315 g/mol. The fourth-order valence-corrected chi connectivity index (χ4v) is 2.08. The van der Waals surface area contributed by atoms with Crippen molar-refractivity contribution in [3.63, 3.8) is 0 Å². The number of sulfonamides is 1. The molecule has 0 aromatic heterocycles. The van der Waals surface area contributed by atoms with Gasteiger partial charge in [0.25, 0.3) is 0 Å². The number of aryl methyl sites for hydroxylation is 1. The Morgan fingerprint density at radius 2 is 1.95 bits per heavy atom. The van der Waals surface area contributed by atoms with Gasteiger partial charge < -0.3 is 15.7 Å². The molecule has 9 heteroatoms. The van der Waals surface area contributed by atoms with Crippen LogP contribution in [0.3, 0.4) is 0 Å². The zero-order valence-corrected chi connectivity index (χ0v) is 12.5. The lowest BCUT2D eigenvalue weighted by molar-refractivity contribution is 0.0696. The molecule has 0 saturated heterocycles. The Morgan fingerprint density at radius 3 is 2.48 bits per heavy atom. The van der Waals surface area contributed by atoms with Gasteiger partial charge in [0.2, 0.25) is 10.0 Å². The smallest absolute Gasteiger partial charge is 0.335 e. The van der Waals surface area contributed by atoms with Crippen LogP contribution < -0.4 is 15.4 Å². The van der Waals surface area contributed by atoms with Crippen molar-refractivity contribution < 1.29 is 23.1 Å². The van der Waals surface area contributed by atoms with Gasteiger partial charge >= 0.3 is 12.0 Å². The van der Waals surface area contributed by atoms with Gasteiger partial charge in [0, 0.05) is 12.2 Å². The van der Waals surface area contributed by atoms with Crippen molar-refractivity contribution in [3.05, 3.63) is 29.3 Å². The average Bonchev–Trinajstić information content (AvgIpc) is 2.40. The fourth-order valence-electron chi connectivity index (χ4n) is 1.50. The molecule has 0 heterocycles. The third-order valence-corrected chi connectivity index (χ3v) is 4.05. The predicted molar refractivity (Wildman–Crippen MR) is 78.0 cm³/mol. The molecule has 0 bridgehead atoms. The van der Waals surface area contributed by atoms with E-state index in [1.165, 1.54) is 25.2 Å². The lowest BCUT2D eigenvalue weighted by atomic mass is 10.1. The van der Waals surface area contributed by atoms with E-state index >= 15 is 0 Å². The van der Waals surface area contributed by atoms with Crippen molar-refractivity contribution in [2.24, 2.45) is 0 Å². The van der Waals surface area contributed by atoms with E-state index < -0.39 is 22.0 Å². The van der Waals surface area contributed by atoms with Gasteiger partial charge in [-0.25, -0.2) is 22.7 Å². The van der Waals surface area contributed by atoms with Gasteiger partial charge in [-0.2, -0.15) is 0 Å². The fraction of sp³-hybridized carbons (Fsp3) is 0.333. The summed E-state index contributed by atoms with van der Waals surface area (Å²) in [6.45, 7) is 1.62. The summed E-state index contributed by atoms with van der Waals surface area (Å²) in [5, 5.41) is 13.8. The second-order valence-electron chi connectivity index (χ2n) is 4.24. The van der Waals surface area contributed by atoms with Crippen LogP contribution in [0.15, 0.2) is 18.2 Å². The standard InChI is InChI=1S/C12H17N3O5S/c1-8-7-9(11(16)17)3-4-10(8)15-12(18)14-5-6-21(19,20)13-2/h3-4,7,13H,5-6H2,1-2H3,(H,16,17)(H2,14,15,18). The van der Waals surface area contributed by atoms with Crippen molar-refractivity contribution in [2.45, 2.75) is 6.92 Å². The molecule has 8 nitrogen and oxygen atoms in total. The molecular formula is C12H17N3O5S. The number of rotatable bonds is 6. The highest BCUT2D eigenvalue weighted by Crippen LogP contribution is 2.16. The Morgan fingerprint density at radius 1 is 1.29 bits per heavy atom. The first-order valence-electron chi connectivity index (χ1n) is 6.05. The molecule has 0 aliphatic rings. The molecule has 21 heavy (non-hydrogen) atoms. The number of carbonyl (C=O) groups excluding carboxylic acids is 1. The number of nitrogens with one attached hydrogen (secondary N) is 3. The second-order valence-corrected chi connectivity index (χ2v) is 6.28. The summed E-state index contributed by atoms with van der Waals surface area (Å²) in [6, 6.07) is 3.72. The van der Waals surface area contributed by atoms with Gasteiger partial charge in [-0.05, 0) is 37.7 Å². The Labute approximate surface area is 122 Å². The quantitative estimate of drug-likeness (QED) is 0.603. The van der Waals surface area contributed by atoms with Gasteiger partial charge in [-0.1, -0.05) is 0 Å². The highest BCUT2D eigenvalue weighted by atomic mass is 32.2. The molecule has 0 unspecified atom stereocenters. The predicted octanol–water partition coefficient (Wildman–Crippen LogP) is 0.364. The molecule has 1 aromatic carbocycles. The monoisotopic (exact) mass is 315 g/mol. The molecule has 0 aliphatic carbocycles. The zero-order valence-electron chi connectivity index (χ0n) is 11.6. The maximum atomic E-state index is 11.6. The Kier molecular flexibility index (Phi) is 5.68. The molecule has 0 aliphatic heterocycles. The van der Waals surface area contributed by atoms with E-state index in [9.17, 15) is 18.0 Å². The molecule has 0 fully saturated rings. The first-order valence-corrected chi connectivity index (χ1v) is 7.70. The van der Waals surface area contributed by atoms with E-state index in [0.717, 1.165) is 0 Å². The molecule has 116 valence electrons. The van der Waals surface area contributed by atoms with Crippen molar-refractivity contribution in [2.75, 3.05) is 24.7 Å². The van der Waals surface area contributed by atoms with Crippen molar-refractivity contribution in [1.29, 1.82) is 0 Å². The highest BCUT2D eigenvalue weighted by Gasteiger charge is 2.10. The minimum Gasteiger partial charge on any atom is -0.478 e. The first-order chi connectivity index (χ1) is 9.75. The van der Waals surface area contributed by atoms with E-state index in [4.69, 9.17) is 5.11 Å².